The molecule has 0 aliphatic rings. The van der Waals surface area contributed by atoms with E-state index in [0.29, 0.717) is 0 Å². The molecule has 0 aromatic heterocycles. The van der Waals surface area contributed by atoms with Gasteiger partial charge in [0.25, 0.3) is 0 Å². The molecule has 4 N–H and O–H groups in total. The van der Waals surface area contributed by atoms with Crippen molar-refractivity contribution in [2.24, 2.45) is 11.5 Å². The molecule has 0 bridgehead atoms. The van der Waals surface area contributed by atoms with E-state index in [1.807, 2.05) is 0 Å². The molecule has 0 aliphatic heterocycles. The Labute approximate surface area is 139 Å². The van der Waals surface area contributed by atoms with Crippen LogP contribution in [0.25, 0.3) is 0 Å². The molecule has 2 unspecified atom stereocenters. The van der Waals surface area contributed by atoms with Gasteiger partial charge < -0.3 is 30.4 Å². The first-order chi connectivity index (χ1) is 11.1. The van der Waals surface area contributed by atoms with Gasteiger partial charge in [-0.25, -0.2) is 19.2 Å². The average molecular weight is 346 g/mol. The van der Waals surface area contributed by atoms with Crippen LogP contribution in [0.15, 0.2) is 25.3 Å². The number of carbonyl (C=O) groups excluding carboxylic acids is 4. The summed E-state index contributed by atoms with van der Waals surface area (Å²) in [6.45, 7) is 9.46. The van der Waals surface area contributed by atoms with Gasteiger partial charge in [0.1, 0.15) is 25.4 Å². The molecule has 0 radical (unpaired) electrons. The fourth-order valence-electron chi connectivity index (χ4n) is 0.971. The molecule has 0 saturated carbocycles. The molecular weight excluding hydrogens is 324 g/mol. The molecule has 136 valence electrons. The SMILES string of the molecule is C=CC(=O)OC(C)COC(N)=O.C=CC(=O)OCC(C)OC(N)=O. The minimum atomic E-state index is -0.892. The first-order valence-corrected chi connectivity index (χ1v) is 6.62. The summed E-state index contributed by atoms with van der Waals surface area (Å²) < 4.78 is 18.1. The molecule has 0 fully saturated rings. The van der Waals surface area contributed by atoms with Crippen LogP contribution in [0.1, 0.15) is 13.8 Å². The van der Waals surface area contributed by atoms with Gasteiger partial charge in [-0.05, 0) is 13.8 Å². The minimum absolute atomic E-state index is 0.0200. The normalized spacial score (nSPS) is 11.4. The van der Waals surface area contributed by atoms with Crippen molar-refractivity contribution < 1.29 is 38.1 Å². The Bertz CT molecular complexity index is 464. The van der Waals surface area contributed by atoms with Gasteiger partial charge in [-0.1, -0.05) is 13.2 Å². The Kier molecular flexibility index (Phi) is 13.2. The van der Waals surface area contributed by atoms with Gasteiger partial charge in [0, 0.05) is 12.2 Å². The van der Waals surface area contributed by atoms with E-state index in [9.17, 15) is 19.2 Å². The molecule has 10 heteroatoms. The summed E-state index contributed by atoms with van der Waals surface area (Å²) >= 11 is 0. The van der Waals surface area contributed by atoms with E-state index in [4.69, 9.17) is 5.73 Å². The number of ether oxygens (including phenoxy) is 4. The third kappa shape index (κ3) is 17.0. The highest BCUT2D eigenvalue weighted by Crippen LogP contribution is 1.93. The van der Waals surface area contributed by atoms with E-state index < -0.39 is 36.3 Å². The highest BCUT2D eigenvalue weighted by Gasteiger charge is 2.08. The first kappa shape index (κ1) is 23.2. The van der Waals surface area contributed by atoms with Crippen molar-refractivity contribution in [3.05, 3.63) is 25.3 Å². The molecule has 2 amide bonds. The Morgan fingerprint density at radius 3 is 1.71 bits per heavy atom. The molecule has 10 nitrogen and oxygen atoms in total. The lowest BCUT2D eigenvalue weighted by atomic mass is 10.4. The fraction of sp³-hybridized carbons (Fsp3) is 0.429. The quantitative estimate of drug-likeness (QED) is 0.363. The molecule has 2 atom stereocenters. The second-order valence-corrected chi connectivity index (χ2v) is 4.16. The van der Waals surface area contributed by atoms with Crippen LogP contribution in [0.2, 0.25) is 0 Å². The Morgan fingerprint density at radius 1 is 0.833 bits per heavy atom. The van der Waals surface area contributed by atoms with E-state index in [1.165, 1.54) is 0 Å². The molecule has 24 heavy (non-hydrogen) atoms. The number of carbonyl (C=O) groups is 4. The van der Waals surface area contributed by atoms with Crippen LogP contribution in [0, 0.1) is 0 Å². The lowest BCUT2D eigenvalue weighted by Gasteiger charge is -2.10. The summed E-state index contributed by atoms with van der Waals surface area (Å²) in [5.41, 5.74) is 9.39. The van der Waals surface area contributed by atoms with E-state index in [1.54, 1.807) is 13.8 Å². The van der Waals surface area contributed by atoms with E-state index in [0.717, 1.165) is 12.2 Å². The summed E-state index contributed by atoms with van der Waals surface area (Å²) in [5.74, 6) is -1.12. The molecular formula is C14H22N2O8. The molecule has 0 rings (SSSR count). The number of amides is 2. The van der Waals surface area contributed by atoms with Crippen LogP contribution in [0.3, 0.4) is 0 Å². The van der Waals surface area contributed by atoms with E-state index >= 15 is 0 Å². The molecule has 0 aromatic carbocycles. The Balaban J connectivity index is 0. The summed E-state index contributed by atoms with van der Waals surface area (Å²) in [6, 6.07) is 0. The lowest BCUT2D eigenvalue weighted by Crippen LogP contribution is -2.25. The largest absolute Gasteiger partial charge is 0.459 e. The molecule has 0 spiro atoms. The maximum absolute atomic E-state index is 10.6. The highest BCUT2D eigenvalue weighted by atomic mass is 16.6. The van der Waals surface area contributed by atoms with Crippen LogP contribution in [-0.2, 0) is 28.5 Å². The fourth-order valence-corrected chi connectivity index (χ4v) is 0.971. The number of hydrogen-bond donors (Lipinski definition) is 2. The van der Waals surface area contributed by atoms with Gasteiger partial charge in [0.05, 0.1) is 0 Å². The van der Waals surface area contributed by atoms with Gasteiger partial charge in [-0.2, -0.15) is 0 Å². The third-order valence-corrected chi connectivity index (χ3v) is 1.89. The Morgan fingerprint density at radius 2 is 1.29 bits per heavy atom. The number of rotatable bonds is 8. The number of primary amides is 2. The molecule has 0 aliphatic carbocycles. The lowest BCUT2D eigenvalue weighted by molar-refractivity contribution is -0.144. The van der Waals surface area contributed by atoms with Crippen molar-refractivity contribution in [3.63, 3.8) is 0 Å². The van der Waals surface area contributed by atoms with Crippen molar-refractivity contribution in [2.45, 2.75) is 26.1 Å². The topological polar surface area (TPSA) is 157 Å². The molecule has 0 heterocycles. The van der Waals surface area contributed by atoms with Gasteiger partial charge >= 0.3 is 24.1 Å². The zero-order valence-corrected chi connectivity index (χ0v) is 13.6. The van der Waals surface area contributed by atoms with Crippen molar-refractivity contribution in [2.75, 3.05) is 13.2 Å². The van der Waals surface area contributed by atoms with E-state index in [2.05, 4.69) is 37.8 Å². The van der Waals surface area contributed by atoms with Crippen molar-refractivity contribution >= 4 is 24.1 Å². The monoisotopic (exact) mass is 346 g/mol. The van der Waals surface area contributed by atoms with Crippen LogP contribution < -0.4 is 11.5 Å². The third-order valence-electron chi connectivity index (χ3n) is 1.89. The van der Waals surface area contributed by atoms with Crippen LogP contribution in [-0.4, -0.2) is 49.5 Å². The standard InChI is InChI=1S/2C7H11NO4/c1-3-6(9)12-5(2)4-11-7(8)10;1-3-6(9)11-4-5(2)12-7(8)10/h2*3,5H,1,4H2,2H3,(H2,8,10). The van der Waals surface area contributed by atoms with Gasteiger partial charge in [-0.3, -0.25) is 0 Å². The van der Waals surface area contributed by atoms with E-state index in [-0.39, 0.29) is 13.2 Å². The average Bonchev–Trinajstić information content (AvgIpc) is 2.50. The zero-order valence-electron chi connectivity index (χ0n) is 13.6. The van der Waals surface area contributed by atoms with Gasteiger partial charge in [0.2, 0.25) is 0 Å². The maximum atomic E-state index is 10.6. The van der Waals surface area contributed by atoms with Crippen LogP contribution in [0.5, 0.6) is 0 Å². The van der Waals surface area contributed by atoms with Gasteiger partial charge in [-0.15, -0.1) is 0 Å². The maximum Gasteiger partial charge on any atom is 0.404 e. The second-order valence-electron chi connectivity index (χ2n) is 4.16. The van der Waals surface area contributed by atoms with Crippen LogP contribution in [0.4, 0.5) is 9.59 Å². The number of nitrogens with two attached hydrogens (primary N) is 2. The highest BCUT2D eigenvalue weighted by molar-refractivity contribution is 5.81. The van der Waals surface area contributed by atoms with Crippen molar-refractivity contribution in [1.29, 1.82) is 0 Å². The number of esters is 2. The minimum Gasteiger partial charge on any atom is -0.459 e. The second kappa shape index (κ2) is 13.6. The summed E-state index contributed by atoms with van der Waals surface area (Å²) in [6.07, 6.45) is -0.777. The summed E-state index contributed by atoms with van der Waals surface area (Å²) in [7, 11) is 0. The molecule has 0 saturated heterocycles. The first-order valence-electron chi connectivity index (χ1n) is 6.62. The van der Waals surface area contributed by atoms with Crippen molar-refractivity contribution in [1.82, 2.24) is 0 Å². The predicted octanol–water partition coefficient (Wildman–Crippen LogP) is 0.399. The Hall–Kier alpha value is -3.04. The van der Waals surface area contributed by atoms with Crippen molar-refractivity contribution in [3.8, 4) is 0 Å². The summed E-state index contributed by atoms with van der Waals surface area (Å²) in [4.78, 5) is 41.3. The van der Waals surface area contributed by atoms with Crippen LogP contribution >= 0.6 is 0 Å². The summed E-state index contributed by atoms with van der Waals surface area (Å²) in [5, 5.41) is 0. The van der Waals surface area contributed by atoms with Gasteiger partial charge in [0.15, 0.2) is 0 Å². The smallest absolute Gasteiger partial charge is 0.404 e. The molecule has 0 aromatic rings. The predicted molar refractivity (Wildman–Crippen MR) is 82.6 cm³/mol. The number of hydrogen-bond acceptors (Lipinski definition) is 8. The zero-order chi connectivity index (χ0) is 19.1.